The molecule has 0 radical (unpaired) electrons. The van der Waals surface area contributed by atoms with Crippen molar-refractivity contribution in [3.05, 3.63) is 17.7 Å². The van der Waals surface area contributed by atoms with E-state index in [0.29, 0.717) is 17.1 Å². The molecule has 0 amide bonds. The molecule has 2 rings (SSSR count). The second-order valence-corrected chi connectivity index (χ2v) is 5.18. The van der Waals surface area contributed by atoms with E-state index >= 15 is 0 Å². The first-order chi connectivity index (χ1) is 7.87. The van der Waals surface area contributed by atoms with E-state index < -0.39 is 0 Å². The number of Topliss-reactive ketones (excluding diaryl/α,β-unsaturated/α-hetero) is 1. The minimum atomic E-state index is -0.113. The van der Waals surface area contributed by atoms with Gasteiger partial charge in [-0.25, -0.2) is 0 Å². The fraction of sp³-hybridized carbons (Fsp3) is 0.462. The van der Waals surface area contributed by atoms with Gasteiger partial charge in [-0.1, -0.05) is 0 Å². The van der Waals surface area contributed by atoms with Gasteiger partial charge in [0.25, 0.3) is 0 Å². The molecule has 0 bridgehead atoms. The zero-order valence-electron chi connectivity index (χ0n) is 10.6. The van der Waals surface area contributed by atoms with Gasteiger partial charge in [-0.15, -0.1) is 0 Å². The number of carbonyl (C=O) groups is 1. The van der Waals surface area contributed by atoms with E-state index in [1.807, 2.05) is 26.8 Å². The number of nitrogens with one attached hydrogen (secondary N) is 1. The minimum absolute atomic E-state index is 0.00931. The van der Waals surface area contributed by atoms with Gasteiger partial charge in [0.05, 0.1) is 0 Å². The molecule has 0 saturated heterocycles. The number of ketones is 1. The zero-order valence-corrected chi connectivity index (χ0v) is 10.6. The second-order valence-electron chi connectivity index (χ2n) is 5.18. The van der Waals surface area contributed by atoms with Crippen LogP contribution in [0.15, 0.2) is 12.1 Å². The Morgan fingerprint density at radius 2 is 1.82 bits per heavy atom. The maximum absolute atomic E-state index is 11.6. The van der Waals surface area contributed by atoms with Gasteiger partial charge in [-0.3, -0.25) is 4.79 Å². The van der Waals surface area contributed by atoms with Crippen LogP contribution in [0.4, 0.5) is 5.69 Å². The third kappa shape index (κ3) is 2.52. The summed E-state index contributed by atoms with van der Waals surface area (Å²) in [7, 11) is 0. The normalized spacial score (nSPS) is 13.6. The largest absolute Gasteiger partial charge is 0.454 e. The van der Waals surface area contributed by atoms with E-state index in [0.717, 1.165) is 5.69 Å². The molecule has 92 valence electrons. The van der Waals surface area contributed by atoms with Crippen molar-refractivity contribution in [2.45, 2.75) is 33.2 Å². The number of benzene rings is 1. The Balaban J connectivity index is 2.45. The molecule has 1 aromatic carbocycles. The molecule has 1 aliphatic heterocycles. The van der Waals surface area contributed by atoms with Gasteiger partial charge < -0.3 is 14.8 Å². The Bertz CT molecular complexity index is 460. The van der Waals surface area contributed by atoms with E-state index in [9.17, 15) is 4.79 Å². The van der Waals surface area contributed by atoms with Crippen molar-refractivity contribution in [1.29, 1.82) is 0 Å². The number of fused-ring (bicyclic) bond motifs is 1. The Hall–Kier alpha value is -1.71. The summed E-state index contributed by atoms with van der Waals surface area (Å²) in [5.41, 5.74) is 1.30. The molecule has 0 spiro atoms. The van der Waals surface area contributed by atoms with E-state index in [2.05, 4.69) is 5.32 Å². The molecule has 4 heteroatoms. The van der Waals surface area contributed by atoms with Crippen molar-refractivity contribution in [1.82, 2.24) is 0 Å². The number of carbonyl (C=O) groups excluding carboxylic acids is 1. The maximum atomic E-state index is 11.6. The van der Waals surface area contributed by atoms with E-state index in [1.54, 1.807) is 13.0 Å². The summed E-state index contributed by atoms with van der Waals surface area (Å²) >= 11 is 0. The van der Waals surface area contributed by atoms with Crippen LogP contribution >= 0.6 is 0 Å². The van der Waals surface area contributed by atoms with Gasteiger partial charge in [0.2, 0.25) is 6.79 Å². The summed E-state index contributed by atoms with van der Waals surface area (Å²) in [6.45, 7) is 7.89. The quantitative estimate of drug-likeness (QED) is 0.801. The molecule has 1 heterocycles. The van der Waals surface area contributed by atoms with Gasteiger partial charge in [0, 0.05) is 22.9 Å². The fourth-order valence-corrected chi connectivity index (χ4v) is 1.74. The van der Waals surface area contributed by atoms with Crippen molar-refractivity contribution in [3.63, 3.8) is 0 Å². The predicted molar refractivity (Wildman–Crippen MR) is 65.9 cm³/mol. The lowest BCUT2D eigenvalue weighted by atomic mass is 10.0. The summed E-state index contributed by atoms with van der Waals surface area (Å²) in [5.74, 6) is 1.33. The van der Waals surface area contributed by atoms with Crippen LogP contribution in [-0.4, -0.2) is 18.1 Å². The zero-order chi connectivity index (χ0) is 12.6. The van der Waals surface area contributed by atoms with Crippen molar-refractivity contribution >= 4 is 11.5 Å². The molecule has 4 nitrogen and oxygen atoms in total. The molecule has 0 fully saturated rings. The van der Waals surface area contributed by atoms with Crippen LogP contribution in [-0.2, 0) is 0 Å². The first-order valence-corrected chi connectivity index (χ1v) is 5.59. The lowest BCUT2D eigenvalue weighted by Gasteiger charge is -2.23. The van der Waals surface area contributed by atoms with E-state index in [1.165, 1.54) is 0 Å². The van der Waals surface area contributed by atoms with Crippen molar-refractivity contribution < 1.29 is 14.3 Å². The maximum Gasteiger partial charge on any atom is 0.231 e. The Morgan fingerprint density at radius 1 is 1.24 bits per heavy atom. The van der Waals surface area contributed by atoms with Crippen molar-refractivity contribution in [3.8, 4) is 11.5 Å². The van der Waals surface area contributed by atoms with Gasteiger partial charge in [-0.2, -0.15) is 0 Å². The smallest absolute Gasteiger partial charge is 0.231 e. The predicted octanol–water partition coefficient (Wildman–Crippen LogP) is 2.83. The fourth-order valence-electron chi connectivity index (χ4n) is 1.74. The van der Waals surface area contributed by atoms with Crippen LogP contribution in [0.5, 0.6) is 11.5 Å². The summed E-state index contributed by atoms with van der Waals surface area (Å²) in [6.07, 6.45) is 0. The topological polar surface area (TPSA) is 47.6 Å². The number of ether oxygens (including phenoxy) is 2. The summed E-state index contributed by atoms with van der Waals surface area (Å²) in [5, 5.41) is 3.30. The molecule has 0 atom stereocenters. The number of rotatable bonds is 2. The van der Waals surface area contributed by atoms with Crippen molar-refractivity contribution in [2.75, 3.05) is 12.1 Å². The Kier molecular flexibility index (Phi) is 2.73. The summed E-state index contributed by atoms with van der Waals surface area (Å²) < 4.78 is 10.6. The van der Waals surface area contributed by atoms with Gasteiger partial charge in [-0.05, 0) is 33.8 Å². The molecule has 17 heavy (non-hydrogen) atoms. The third-order valence-electron chi connectivity index (χ3n) is 2.40. The molecule has 0 unspecified atom stereocenters. The average Bonchev–Trinajstić information content (AvgIpc) is 2.60. The standard InChI is InChI=1S/C13H17NO3/c1-8(15)9-5-11-12(17-7-16-11)6-10(9)14-13(2,3)4/h5-6,14H,7H2,1-4H3. The van der Waals surface area contributed by atoms with Crippen LogP contribution in [0.25, 0.3) is 0 Å². The first kappa shape index (κ1) is 11.8. The number of anilines is 1. The highest BCUT2D eigenvalue weighted by Crippen LogP contribution is 2.38. The van der Waals surface area contributed by atoms with E-state index in [4.69, 9.17) is 9.47 Å². The molecule has 0 saturated carbocycles. The van der Waals surface area contributed by atoms with Crippen LogP contribution in [0.3, 0.4) is 0 Å². The summed E-state index contributed by atoms with van der Waals surface area (Å²) in [6, 6.07) is 3.56. The number of hydrogen-bond acceptors (Lipinski definition) is 4. The second kappa shape index (κ2) is 3.95. The molecule has 1 aliphatic rings. The van der Waals surface area contributed by atoms with Crippen LogP contribution in [0, 0.1) is 0 Å². The lowest BCUT2D eigenvalue weighted by molar-refractivity contribution is 0.101. The molecular weight excluding hydrogens is 218 g/mol. The minimum Gasteiger partial charge on any atom is -0.454 e. The highest BCUT2D eigenvalue weighted by molar-refractivity contribution is 6.00. The average molecular weight is 235 g/mol. The first-order valence-electron chi connectivity index (χ1n) is 5.59. The van der Waals surface area contributed by atoms with Gasteiger partial charge >= 0.3 is 0 Å². The third-order valence-corrected chi connectivity index (χ3v) is 2.40. The highest BCUT2D eigenvalue weighted by atomic mass is 16.7. The molecule has 0 aromatic heterocycles. The monoisotopic (exact) mass is 235 g/mol. The molecular formula is C13H17NO3. The van der Waals surface area contributed by atoms with Gasteiger partial charge in [0.15, 0.2) is 17.3 Å². The van der Waals surface area contributed by atoms with Gasteiger partial charge in [0.1, 0.15) is 0 Å². The van der Waals surface area contributed by atoms with Crippen LogP contribution < -0.4 is 14.8 Å². The van der Waals surface area contributed by atoms with Crippen LogP contribution in [0.2, 0.25) is 0 Å². The Labute approximate surface area is 101 Å². The van der Waals surface area contributed by atoms with E-state index in [-0.39, 0.29) is 18.1 Å². The number of hydrogen-bond donors (Lipinski definition) is 1. The lowest BCUT2D eigenvalue weighted by Crippen LogP contribution is -2.27. The summed E-state index contributed by atoms with van der Waals surface area (Å²) in [4.78, 5) is 11.6. The highest BCUT2D eigenvalue weighted by Gasteiger charge is 2.21. The molecule has 1 N–H and O–H groups in total. The SMILES string of the molecule is CC(=O)c1cc2c(cc1NC(C)(C)C)OCO2. The van der Waals surface area contributed by atoms with Crippen molar-refractivity contribution in [2.24, 2.45) is 0 Å². The molecule has 1 aromatic rings. The van der Waals surface area contributed by atoms with Crippen LogP contribution in [0.1, 0.15) is 38.1 Å². The molecule has 0 aliphatic carbocycles. The Morgan fingerprint density at radius 3 is 2.35 bits per heavy atom.